The first-order chi connectivity index (χ1) is 9.21. The molecular formula is C11H10F3N5O. The number of nitrogen functional groups attached to an aromatic ring is 1. The minimum atomic E-state index is -4.48. The van der Waals surface area contributed by atoms with E-state index >= 15 is 0 Å². The second-order valence-electron chi connectivity index (χ2n) is 4.08. The predicted molar refractivity (Wildman–Crippen MR) is 64.0 cm³/mol. The van der Waals surface area contributed by atoms with Gasteiger partial charge in [0.1, 0.15) is 11.4 Å². The number of aryl methyl sites for hydroxylation is 1. The number of primary amides is 1. The number of aromatic nitrogens is 3. The molecule has 0 unspecified atom stereocenters. The monoisotopic (exact) mass is 285 g/mol. The minimum absolute atomic E-state index is 0.0221. The summed E-state index contributed by atoms with van der Waals surface area (Å²) in [6, 6.07) is 0.924. The molecule has 0 aromatic carbocycles. The first-order valence-corrected chi connectivity index (χ1v) is 5.39. The van der Waals surface area contributed by atoms with E-state index in [2.05, 4.69) is 10.1 Å². The molecule has 0 radical (unpaired) electrons. The number of nitrogens with zero attached hydrogens (tertiary/aromatic N) is 3. The van der Waals surface area contributed by atoms with Crippen LogP contribution in [0.2, 0.25) is 0 Å². The lowest BCUT2D eigenvalue weighted by atomic mass is 10.2. The van der Waals surface area contributed by atoms with Gasteiger partial charge in [-0.3, -0.25) is 4.79 Å². The molecule has 0 aliphatic carbocycles. The Hall–Kier alpha value is -2.58. The molecule has 20 heavy (non-hydrogen) atoms. The van der Waals surface area contributed by atoms with Gasteiger partial charge in [-0.15, -0.1) is 0 Å². The van der Waals surface area contributed by atoms with Gasteiger partial charge >= 0.3 is 6.18 Å². The normalized spacial score (nSPS) is 11.6. The average molecular weight is 285 g/mol. The van der Waals surface area contributed by atoms with Crippen LogP contribution in [0.1, 0.15) is 21.5 Å². The van der Waals surface area contributed by atoms with Crippen molar-refractivity contribution >= 4 is 11.7 Å². The molecule has 0 fully saturated rings. The zero-order valence-corrected chi connectivity index (χ0v) is 10.3. The molecule has 0 bridgehead atoms. The number of hydrogen-bond acceptors (Lipinski definition) is 4. The third-order valence-electron chi connectivity index (χ3n) is 2.65. The molecule has 2 rings (SSSR count). The lowest BCUT2D eigenvalue weighted by molar-refractivity contribution is -0.137. The van der Waals surface area contributed by atoms with Crippen LogP contribution in [0.4, 0.5) is 19.0 Å². The maximum absolute atomic E-state index is 12.5. The third-order valence-corrected chi connectivity index (χ3v) is 2.65. The fourth-order valence-corrected chi connectivity index (χ4v) is 1.66. The predicted octanol–water partition coefficient (Wildman–Crippen LogP) is 1.28. The van der Waals surface area contributed by atoms with Crippen molar-refractivity contribution in [3.05, 3.63) is 35.2 Å². The highest BCUT2D eigenvalue weighted by Crippen LogP contribution is 2.30. The van der Waals surface area contributed by atoms with Crippen molar-refractivity contribution in [1.82, 2.24) is 14.8 Å². The van der Waals surface area contributed by atoms with Gasteiger partial charge in [-0.2, -0.15) is 23.0 Å². The SMILES string of the molecule is Cc1cc(C(F)(F)F)cnc1-n1ncc(C(N)=O)c1N. The van der Waals surface area contributed by atoms with Gasteiger partial charge in [0.2, 0.25) is 0 Å². The van der Waals surface area contributed by atoms with Crippen molar-refractivity contribution in [3.63, 3.8) is 0 Å². The van der Waals surface area contributed by atoms with Crippen molar-refractivity contribution in [2.45, 2.75) is 13.1 Å². The Morgan fingerprint density at radius 2 is 2.00 bits per heavy atom. The minimum Gasteiger partial charge on any atom is -0.383 e. The topological polar surface area (TPSA) is 99.8 Å². The van der Waals surface area contributed by atoms with Crippen LogP contribution in [-0.2, 0) is 6.18 Å². The Morgan fingerprint density at radius 3 is 2.45 bits per heavy atom. The number of pyridine rings is 1. The smallest absolute Gasteiger partial charge is 0.383 e. The average Bonchev–Trinajstić information content (AvgIpc) is 2.70. The summed E-state index contributed by atoms with van der Waals surface area (Å²) in [5.41, 5.74) is 10.1. The van der Waals surface area contributed by atoms with Gasteiger partial charge in [0.05, 0.1) is 11.8 Å². The highest BCUT2D eigenvalue weighted by atomic mass is 19.4. The van der Waals surface area contributed by atoms with Gasteiger partial charge in [-0.05, 0) is 18.6 Å². The molecule has 106 valence electrons. The molecule has 2 heterocycles. The summed E-state index contributed by atoms with van der Waals surface area (Å²) < 4.78 is 38.7. The van der Waals surface area contributed by atoms with E-state index in [-0.39, 0.29) is 22.8 Å². The number of hydrogen-bond donors (Lipinski definition) is 2. The molecule has 0 spiro atoms. The fourth-order valence-electron chi connectivity index (χ4n) is 1.66. The molecule has 0 saturated carbocycles. The van der Waals surface area contributed by atoms with Crippen LogP contribution in [0, 0.1) is 6.92 Å². The van der Waals surface area contributed by atoms with E-state index in [4.69, 9.17) is 11.5 Å². The van der Waals surface area contributed by atoms with E-state index < -0.39 is 17.6 Å². The second kappa shape index (κ2) is 4.51. The van der Waals surface area contributed by atoms with E-state index in [1.165, 1.54) is 6.92 Å². The number of amides is 1. The molecular weight excluding hydrogens is 275 g/mol. The Balaban J connectivity index is 2.52. The zero-order chi connectivity index (χ0) is 15.1. The van der Waals surface area contributed by atoms with E-state index in [1.807, 2.05) is 0 Å². The van der Waals surface area contributed by atoms with Crippen LogP contribution in [0.5, 0.6) is 0 Å². The van der Waals surface area contributed by atoms with Crippen molar-refractivity contribution < 1.29 is 18.0 Å². The summed E-state index contributed by atoms with van der Waals surface area (Å²) in [4.78, 5) is 14.8. The number of rotatable bonds is 2. The number of nitrogens with two attached hydrogens (primary N) is 2. The van der Waals surface area contributed by atoms with E-state index in [9.17, 15) is 18.0 Å². The highest BCUT2D eigenvalue weighted by molar-refractivity contribution is 5.97. The van der Waals surface area contributed by atoms with Gasteiger partial charge in [0, 0.05) is 6.20 Å². The second-order valence-corrected chi connectivity index (χ2v) is 4.08. The lowest BCUT2D eigenvalue weighted by Gasteiger charge is -2.11. The Morgan fingerprint density at radius 1 is 1.35 bits per heavy atom. The van der Waals surface area contributed by atoms with Crippen LogP contribution in [0.25, 0.3) is 5.82 Å². The van der Waals surface area contributed by atoms with Crippen molar-refractivity contribution in [2.24, 2.45) is 5.73 Å². The molecule has 0 saturated heterocycles. The Labute approximate surface area is 111 Å². The van der Waals surface area contributed by atoms with Gasteiger partial charge < -0.3 is 11.5 Å². The maximum Gasteiger partial charge on any atom is 0.417 e. The molecule has 9 heteroatoms. The molecule has 0 aliphatic rings. The summed E-state index contributed by atoms with van der Waals surface area (Å²) in [6.45, 7) is 1.43. The molecule has 1 amide bonds. The summed E-state index contributed by atoms with van der Waals surface area (Å²) in [5, 5.41) is 3.81. The summed E-state index contributed by atoms with van der Waals surface area (Å²) in [7, 11) is 0. The van der Waals surface area contributed by atoms with Crippen molar-refractivity contribution in [2.75, 3.05) is 5.73 Å². The van der Waals surface area contributed by atoms with Gasteiger partial charge in [0.25, 0.3) is 5.91 Å². The van der Waals surface area contributed by atoms with Crippen molar-refractivity contribution in [1.29, 1.82) is 0 Å². The molecule has 6 nitrogen and oxygen atoms in total. The zero-order valence-electron chi connectivity index (χ0n) is 10.3. The van der Waals surface area contributed by atoms with E-state index in [0.717, 1.165) is 16.9 Å². The van der Waals surface area contributed by atoms with Crippen LogP contribution in [0.3, 0.4) is 0 Å². The van der Waals surface area contributed by atoms with Crippen LogP contribution < -0.4 is 11.5 Å². The van der Waals surface area contributed by atoms with Gasteiger partial charge in [-0.1, -0.05) is 0 Å². The molecule has 4 N–H and O–H groups in total. The number of halogens is 3. The van der Waals surface area contributed by atoms with Crippen molar-refractivity contribution in [3.8, 4) is 5.82 Å². The fraction of sp³-hybridized carbons (Fsp3) is 0.182. The maximum atomic E-state index is 12.5. The number of anilines is 1. The molecule has 2 aromatic rings. The summed E-state index contributed by atoms with van der Waals surface area (Å²) in [6.07, 6.45) is -2.67. The molecule has 0 aliphatic heterocycles. The molecule has 0 atom stereocenters. The molecule has 2 aromatic heterocycles. The largest absolute Gasteiger partial charge is 0.417 e. The summed E-state index contributed by atoms with van der Waals surface area (Å²) in [5.74, 6) is -0.755. The summed E-state index contributed by atoms with van der Waals surface area (Å²) >= 11 is 0. The first-order valence-electron chi connectivity index (χ1n) is 5.39. The number of carbonyl (C=O) groups excluding carboxylic acids is 1. The van der Waals surface area contributed by atoms with Crippen LogP contribution in [-0.4, -0.2) is 20.7 Å². The van der Waals surface area contributed by atoms with Crippen LogP contribution >= 0.6 is 0 Å². The number of alkyl halides is 3. The van der Waals surface area contributed by atoms with Gasteiger partial charge in [0.15, 0.2) is 5.82 Å². The quantitative estimate of drug-likeness (QED) is 0.867. The Bertz CT molecular complexity index is 677. The lowest BCUT2D eigenvalue weighted by Crippen LogP contribution is -2.14. The Kier molecular flexibility index (Phi) is 3.12. The highest BCUT2D eigenvalue weighted by Gasteiger charge is 2.31. The third kappa shape index (κ3) is 2.29. The van der Waals surface area contributed by atoms with E-state index in [1.54, 1.807) is 0 Å². The first kappa shape index (κ1) is 13.8. The standard InChI is InChI=1S/C11H10F3N5O/c1-5-2-6(11(12,13)14)3-17-10(5)19-8(15)7(4-18-19)9(16)20/h2-4H,15H2,1H3,(H2,16,20). The van der Waals surface area contributed by atoms with Crippen LogP contribution in [0.15, 0.2) is 18.5 Å². The van der Waals surface area contributed by atoms with Gasteiger partial charge in [-0.25, -0.2) is 4.98 Å². The number of carbonyl (C=O) groups is 1. The van der Waals surface area contributed by atoms with E-state index in [0.29, 0.717) is 6.20 Å².